The fourth-order valence-electron chi connectivity index (χ4n) is 1.64. The Morgan fingerprint density at radius 1 is 1.33 bits per heavy atom. The number of carboxylic acids is 2. The van der Waals surface area contributed by atoms with Crippen LogP contribution >= 0.6 is 0 Å². The van der Waals surface area contributed by atoms with Crippen molar-refractivity contribution in [1.29, 1.82) is 0 Å². The van der Waals surface area contributed by atoms with Gasteiger partial charge in [0.1, 0.15) is 12.0 Å². The number of hydrogen-bond donors (Lipinski definition) is 2. The average Bonchev–Trinajstić information content (AvgIpc) is 2.63. The van der Waals surface area contributed by atoms with E-state index in [1.807, 2.05) is 0 Å². The number of hydrogen-bond acceptors (Lipinski definition) is 3. The molecule has 1 aliphatic heterocycles. The Morgan fingerprint density at radius 2 is 1.93 bits per heavy atom. The Morgan fingerprint density at radius 3 is 2.40 bits per heavy atom. The minimum atomic E-state index is -1.23. The van der Waals surface area contributed by atoms with Crippen LogP contribution in [0.15, 0.2) is 0 Å². The number of rotatable bonds is 3. The van der Waals surface area contributed by atoms with Crippen molar-refractivity contribution in [3.05, 3.63) is 0 Å². The molecule has 15 heavy (non-hydrogen) atoms. The highest BCUT2D eigenvalue weighted by molar-refractivity contribution is 5.98. The van der Waals surface area contributed by atoms with Crippen LogP contribution in [0.2, 0.25) is 0 Å². The van der Waals surface area contributed by atoms with Gasteiger partial charge in [0.25, 0.3) is 0 Å². The highest BCUT2D eigenvalue weighted by Gasteiger charge is 2.37. The smallest absolute Gasteiger partial charge is 0.326 e. The summed E-state index contributed by atoms with van der Waals surface area (Å²) < 4.78 is 0. The van der Waals surface area contributed by atoms with E-state index in [1.54, 1.807) is 0 Å². The zero-order valence-corrected chi connectivity index (χ0v) is 8.34. The maximum Gasteiger partial charge on any atom is 0.326 e. The Bertz CT molecular complexity index is 301. The van der Waals surface area contributed by atoms with Gasteiger partial charge in [-0.25, -0.2) is 4.79 Å². The minimum Gasteiger partial charge on any atom is -0.481 e. The van der Waals surface area contributed by atoms with Gasteiger partial charge in [0, 0.05) is 6.54 Å². The molecule has 1 unspecified atom stereocenters. The van der Waals surface area contributed by atoms with E-state index >= 15 is 0 Å². The molecule has 0 bridgehead atoms. The van der Waals surface area contributed by atoms with Crippen molar-refractivity contribution in [2.75, 3.05) is 6.54 Å². The fraction of sp³-hybridized carbons (Fsp3) is 0.667. The van der Waals surface area contributed by atoms with Crippen molar-refractivity contribution in [2.45, 2.75) is 25.8 Å². The molecule has 0 aromatic heterocycles. The Labute approximate surface area is 86.5 Å². The molecular weight excluding hydrogens is 202 g/mol. The summed E-state index contributed by atoms with van der Waals surface area (Å²) in [5.74, 6) is -4.09. The molecular formula is C9H13NO5. The number of nitrogens with zero attached hydrogens (tertiary/aromatic N) is 1. The van der Waals surface area contributed by atoms with Gasteiger partial charge in [-0.2, -0.15) is 0 Å². The molecule has 2 N–H and O–H groups in total. The molecule has 0 radical (unpaired) electrons. The van der Waals surface area contributed by atoms with Gasteiger partial charge in [0.15, 0.2) is 0 Å². The lowest BCUT2D eigenvalue weighted by Crippen LogP contribution is -2.44. The molecule has 0 aromatic carbocycles. The van der Waals surface area contributed by atoms with E-state index in [-0.39, 0.29) is 0 Å². The molecule has 0 saturated carbocycles. The number of likely N-dealkylation sites (tertiary alicyclic amines) is 1. The molecule has 1 rings (SSSR count). The Kier molecular flexibility index (Phi) is 3.28. The predicted molar refractivity (Wildman–Crippen MR) is 49.2 cm³/mol. The monoisotopic (exact) mass is 215 g/mol. The Hall–Kier alpha value is -1.59. The van der Waals surface area contributed by atoms with Crippen LogP contribution in [-0.4, -0.2) is 45.5 Å². The van der Waals surface area contributed by atoms with Crippen molar-refractivity contribution in [3.8, 4) is 0 Å². The number of carbonyl (C=O) groups excluding carboxylic acids is 1. The van der Waals surface area contributed by atoms with Crippen LogP contribution in [0.4, 0.5) is 0 Å². The van der Waals surface area contributed by atoms with E-state index < -0.39 is 29.8 Å². The fourth-order valence-corrected chi connectivity index (χ4v) is 1.64. The van der Waals surface area contributed by atoms with E-state index in [4.69, 9.17) is 10.2 Å². The lowest BCUT2D eigenvalue weighted by molar-refractivity contribution is -0.155. The van der Waals surface area contributed by atoms with E-state index in [1.165, 1.54) is 6.92 Å². The molecule has 1 saturated heterocycles. The largest absolute Gasteiger partial charge is 0.481 e. The topological polar surface area (TPSA) is 94.9 Å². The summed E-state index contributed by atoms with van der Waals surface area (Å²) in [6.07, 6.45) is 1.00. The Balaban J connectivity index is 2.75. The summed E-state index contributed by atoms with van der Waals surface area (Å²) in [5, 5.41) is 17.5. The number of carboxylic acid groups (broad SMARTS) is 2. The quantitative estimate of drug-likeness (QED) is 0.635. The van der Waals surface area contributed by atoms with E-state index in [2.05, 4.69) is 0 Å². The van der Waals surface area contributed by atoms with Crippen molar-refractivity contribution in [1.82, 2.24) is 4.90 Å². The summed E-state index contributed by atoms with van der Waals surface area (Å²) in [5.41, 5.74) is 0. The highest BCUT2D eigenvalue weighted by atomic mass is 16.4. The van der Waals surface area contributed by atoms with Gasteiger partial charge in [0.05, 0.1) is 0 Å². The minimum absolute atomic E-state index is 0.327. The first kappa shape index (κ1) is 11.5. The summed E-state index contributed by atoms with van der Waals surface area (Å²) in [6, 6.07) is -0.862. The van der Waals surface area contributed by atoms with Crippen LogP contribution in [0.5, 0.6) is 0 Å². The van der Waals surface area contributed by atoms with Crippen molar-refractivity contribution in [3.63, 3.8) is 0 Å². The maximum absolute atomic E-state index is 11.6. The lowest BCUT2D eigenvalue weighted by Gasteiger charge is -2.23. The molecule has 0 aromatic rings. The van der Waals surface area contributed by atoms with Gasteiger partial charge < -0.3 is 15.1 Å². The van der Waals surface area contributed by atoms with Gasteiger partial charge in [-0.1, -0.05) is 0 Å². The summed E-state index contributed by atoms with van der Waals surface area (Å²) >= 11 is 0. The second-order valence-corrected chi connectivity index (χ2v) is 3.59. The summed E-state index contributed by atoms with van der Waals surface area (Å²) in [7, 11) is 0. The molecule has 84 valence electrons. The van der Waals surface area contributed by atoms with Crippen LogP contribution < -0.4 is 0 Å². The first-order valence-electron chi connectivity index (χ1n) is 4.71. The van der Waals surface area contributed by atoms with Crippen LogP contribution in [0, 0.1) is 5.92 Å². The second kappa shape index (κ2) is 4.29. The number of amides is 1. The van der Waals surface area contributed by atoms with Crippen LogP contribution in [-0.2, 0) is 14.4 Å². The molecule has 1 fully saturated rings. The number of aliphatic carboxylic acids is 2. The van der Waals surface area contributed by atoms with Crippen LogP contribution in [0.1, 0.15) is 19.8 Å². The van der Waals surface area contributed by atoms with Crippen LogP contribution in [0.3, 0.4) is 0 Å². The molecule has 6 heteroatoms. The van der Waals surface area contributed by atoms with Crippen molar-refractivity contribution in [2.24, 2.45) is 5.92 Å². The molecule has 2 atom stereocenters. The van der Waals surface area contributed by atoms with E-state index in [0.717, 1.165) is 4.90 Å². The third-order valence-electron chi connectivity index (χ3n) is 2.56. The van der Waals surface area contributed by atoms with Gasteiger partial charge in [-0.05, 0) is 19.8 Å². The normalized spacial score (nSPS) is 22.5. The van der Waals surface area contributed by atoms with E-state index in [9.17, 15) is 14.4 Å². The SMILES string of the molecule is CC(C(=O)O)C(=O)N1CCC[C@H]1C(=O)O. The highest BCUT2D eigenvalue weighted by Crippen LogP contribution is 2.19. The average molecular weight is 215 g/mol. The molecule has 1 aliphatic rings. The lowest BCUT2D eigenvalue weighted by atomic mass is 10.1. The molecule has 0 aliphatic carbocycles. The predicted octanol–water partition coefficient (Wildman–Crippen LogP) is -0.217. The van der Waals surface area contributed by atoms with Crippen molar-refractivity contribution >= 4 is 17.8 Å². The van der Waals surface area contributed by atoms with Crippen LogP contribution in [0.25, 0.3) is 0 Å². The molecule has 6 nitrogen and oxygen atoms in total. The summed E-state index contributed by atoms with van der Waals surface area (Å²) in [6.45, 7) is 1.59. The summed E-state index contributed by atoms with van der Waals surface area (Å²) in [4.78, 5) is 34.1. The van der Waals surface area contributed by atoms with Gasteiger partial charge in [-0.3, -0.25) is 9.59 Å². The third kappa shape index (κ3) is 2.26. The van der Waals surface area contributed by atoms with Gasteiger partial charge >= 0.3 is 11.9 Å². The first-order chi connectivity index (χ1) is 6.95. The zero-order valence-electron chi connectivity index (χ0n) is 8.34. The first-order valence-corrected chi connectivity index (χ1v) is 4.71. The molecule has 1 heterocycles. The zero-order chi connectivity index (χ0) is 11.6. The molecule has 0 spiro atoms. The van der Waals surface area contributed by atoms with Crippen molar-refractivity contribution < 1.29 is 24.6 Å². The third-order valence-corrected chi connectivity index (χ3v) is 2.56. The van der Waals surface area contributed by atoms with Gasteiger partial charge in [0.2, 0.25) is 5.91 Å². The van der Waals surface area contributed by atoms with Gasteiger partial charge in [-0.15, -0.1) is 0 Å². The van der Waals surface area contributed by atoms with E-state index in [0.29, 0.717) is 19.4 Å². The maximum atomic E-state index is 11.6. The molecule has 1 amide bonds. The standard InChI is InChI=1S/C9H13NO5/c1-5(8(12)13)7(11)10-4-2-3-6(10)9(14)15/h5-6H,2-4H2,1H3,(H,12,13)(H,14,15)/t5?,6-/m0/s1. The second-order valence-electron chi connectivity index (χ2n) is 3.59. The number of carbonyl (C=O) groups is 3.